The number of carbonyl (C=O) groups is 2. The van der Waals surface area contributed by atoms with Crippen LogP contribution in [0.4, 0.5) is 14.0 Å². The summed E-state index contributed by atoms with van der Waals surface area (Å²) in [5, 5.41) is 11.7. The maximum Gasteiger partial charge on any atom is 0.407 e. The van der Waals surface area contributed by atoms with Crippen LogP contribution in [-0.2, 0) is 11.3 Å². The monoisotopic (exact) mass is 322 g/mol. The summed E-state index contributed by atoms with van der Waals surface area (Å²) in [6, 6.07) is 7.60. The lowest BCUT2D eigenvalue weighted by atomic mass is 9.96. The summed E-state index contributed by atoms with van der Waals surface area (Å²) in [6.07, 6.45) is -1.77. The van der Waals surface area contributed by atoms with E-state index in [1.807, 2.05) is 30.3 Å². The quantitative estimate of drug-likeness (QED) is 0.896. The van der Waals surface area contributed by atoms with Crippen molar-refractivity contribution in [2.45, 2.75) is 50.2 Å². The zero-order valence-corrected chi connectivity index (χ0v) is 12.5. The average Bonchev–Trinajstić information content (AvgIpc) is 2.89. The Bertz CT molecular complexity index is 583. The van der Waals surface area contributed by atoms with E-state index in [9.17, 15) is 14.0 Å². The number of hydrogen-bond acceptors (Lipinski definition) is 3. The van der Waals surface area contributed by atoms with Crippen LogP contribution in [0.1, 0.15) is 24.8 Å². The van der Waals surface area contributed by atoms with Gasteiger partial charge < -0.3 is 15.2 Å². The van der Waals surface area contributed by atoms with E-state index in [1.165, 1.54) is 4.90 Å². The molecule has 2 heterocycles. The minimum absolute atomic E-state index is 0.116. The van der Waals surface area contributed by atoms with Crippen LogP contribution < -0.4 is 5.32 Å². The lowest BCUT2D eigenvalue weighted by Gasteiger charge is -2.39. The Morgan fingerprint density at radius 3 is 2.74 bits per heavy atom. The smallest absolute Gasteiger partial charge is 0.407 e. The molecule has 2 aliphatic heterocycles. The van der Waals surface area contributed by atoms with Crippen LogP contribution in [0.5, 0.6) is 0 Å². The Balaban J connectivity index is 1.54. The van der Waals surface area contributed by atoms with E-state index in [2.05, 4.69) is 5.32 Å². The van der Waals surface area contributed by atoms with Crippen LogP contribution in [0.15, 0.2) is 30.3 Å². The van der Waals surface area contributed by atoms with Crippen LogP contribution in [-0.4, -0.2) is 46.5 Å². The zero-order valence-electron chi connectivity index (χ0n) is 12.5. The highest BCUT2D eigenvalue weighted by atomic mass is 19.1. The van der Waals surface area contributed by atoms with Gasteiger partial charge in [-0.15, -0.1) is 0 Å². The van der Waals surface area contributed by atoms with Gasteiger partial charge in [0.25, 0.3) is 0 Å². The van der Waals surface area contributed by atoms with Crippen molar-refractivity contribution in [2.75, 3.05) is 0 Å². The van der Waals surface area contributed by atoms with Gasteiger partial charge in [-0.3, -0.25) is 4.90 Å². The molecule has 0 saturated carbocycles. The number of alkyl halides is 1. The molecule has 1 aromatic carbocycles. The molecule has 7 heteroatoms. The number of ether oxygens (including phenoxy) is 1. The summed E-state index contributed by atoms with van der Waals surface area (Å²) >= 11 is 0. The van der Waals surface area contributed by atoms with Crippen molar-refractivity contribution in [3.63, 3.8) is 0 Å². The first kappa shape index (κ1) is 15.6. The molecule has 0 aromatic heterocycles. The molecule has 23 heavy (non-hydrogen) atoms. The summed E-state index contributed by atoms with van der Waals surface area (Å²) in [5.41, 5.74) is 0.847. The number of nitrogens with one attached hydrogen (secondary N) is 1. The number of carbonyl (C=O) groups excluding carboxylic acids is 1. The van der Waals surface area contributed by atoms with Crippen molar-refractivity contribution >= 4 is 12.2 Å². The van der Waals surface area contributed by atoms with Crippen molar-refractivity contribution in [2.24, 2.45) is 0 Å². The van der Waals surface area contributed by atoms with Crippen LogP contribution in [0, 0.1) is 0 Å². The van der Waals surface area contributed by atoms with Gasteiger partial charge in [-0.1, -0.05) is 30.3 Å². The number of alkyl carbamates (subject to hydrolysis) is 1. The van der Waals surface area contributed by atoms with Crippen molar-refractivity contribution in [3.8, 4) is 0 Å². The Morgan fingerprint density at radius 1 is 1.30 bits per heavy atom. The molecule has 0 aliphatic carbocycles. The second-order valence-electron chi connectivity index (χ2n) is 5.98. The van der Waals surface area contributed by atoms with E-state index in [-0.39, 0.29) is 19.1 Å². The fourth-order valence-electron chi connectivity index (χ4n) is 3.50. The molecule has 2 saturated heterocycles. The van der Waals surface area contributed by atoms with Gasteiger partial charge in [-0.25, -0.2) is 14.0 Å². The Labute approximate surface area is 133 Å². The molecule has 6 nitrogen and oxygen atoms in total. The van der Waals surface area contributed by atoms with Crippen LogP contribution in [0.25, 0.3) is 0 Å². The second-order valence-corrected chi connectivity index (χ2v) is 5.98. The topological polar surface area (TPSA) is 78.9 Å². The maximum absolute atomic E-state index is 14.5. The van der Waals surface area contributed by atoms with Gasteiger partial charge in [0.05, 0.1) is 12.1 Å². The van der Waals surface area contributed by atoms with Crippen molar-refractivity contribution in [1.82, 2.24) is 10.2 Å². The Hall–Kier alpha value is -2.31. The van der Waals surface area contributed by atoms with Crippen molar-refractivity contribution < 1.29 is 23.8 Å². The van der Waals surface area contributed by atoms with E-state index >= 15 is 0 Å². The molecule has 2 bridgehead atoms. The van der Waals surface area contributed by atoms with E-state index in [4.69, 9.17) is 9.84 Å². The number of fused-ring (bicyclic) bond motifs is 2. The number of rotatable bonds is 3. The molecule has 2 fully saturated rings. The van der Waals surface area contributed by atoms with Crippen LogP contribution in [0.3, 0.4) is 0 Å². The van der Waals surface area contributed by atoms with Crippen LogP contribution in [0.2, 0.25) is 0 Å². The maximum atomic E-state index is 14.5. The average molecular weight is 322 g/mol. The fraction of sp³-hybridized carbons (Fsp3) is 0.500. The number of piperidine rings is 1. The molecule has 2 aliphatic rings. The summed E-state index contributed by atoms with van der Waals surface area (Å²) in [5.74, 6) is 0. The number of carboxylic acid groups (broad SMARTS) is 1. The summed E-state index contributed by atoms with van der Waals surface area (Å²) in [6.45, 7) is 0.116. The SMILES string of the molecule is O=C(N[C@@H]1C[C@H]2CC[C@@H]([C@@H]1F)N2C(=O)O)OCc1ccccc1. The first-order valence-electron chi connectivity index (χ1n) is 7.69. The highest BCUT2D eigenvalue weighted by molar-refractivity contribution is 5.69. The number of benzene rings is 1. The van der Waals surface area contributed by atoms with E-state index < -0.39 is 30.4 Å². The fourth-order valence-corrected chi connectivity index (χ4v) is 3.50. The first-order chi connectivity index (χ1) is 11.1. The second kappa shape index (κ2) is 6.44. The van der Waals surface area contributed by atoms with Gasteiger partial charge in [-0.2, -0.15) is 0 Å². The molecule has 0 unspecified atom stereocenters. The van der Waals surface area contributed by atoms with Gasteiger partial charge in [0.1, 0.15) is 12.8 Å². The molecule has 2 amide bonds. The minimum atomic E-state index is -1.41. The number of hydrogen-bond donors (Lipinski definition) is 2. The molecule has 0 spiro atoms. The van der Waals surface area contributed by atoms with Gasteiger partial charge in [0.2, 0.25) is 0 Å². The third kappa shape index (κ3) is 3.23. The minimum Gasteiger partial charge on any atom is -0.465 e. The van der Waals surface area contributed by atoms with Gasteiger partial charge >= 0.3 is 12.2 Å². The van der Waals surface area contributed by atoms with Crippen molar-refractivity contribution in [3.05, 3.63) is 35.9 Å². The van der Waals surface area contributed by atoms with Crippen LogP contribution >= 0.6 is 0 Å². The molecule has 1 aromatic rings. The molecule has 4 atom stereocenters. The molecule has 124 valence electrons. The van der Waals surface area contributed by atoms with E-state index in [1.54, 1.807) is 0 Å². The highest BCUT2D eigenvalue weighted by Gasteiger charge is 2.50. The molecule has 2 N–H and O–H groups in total. The predicted molar refractivity (Wildman–Crippen MR) is 79.7 cm³/mol. The zero-order chi connectivity index (χ0) is 16.4. The largest absolute Gasteiger partial charge is 0.465 e. The Morgan fingerprint density at radius 2 is 2.04 bits per heavy atom. The predicted octanol–water partition coefficient (Wildman–Crippen LogP) is 2.53. The molecule has 3 rings (SSSR count). The first-order valence-corrected chi connectivity index (χ1v) is 7.69. The number of halogens is 1. The third-order valence-corrected chi connectivity index (χ3v) is 4.56. The molecule has 0 radical (unpaired) electrons. The lowest BCUT2D eigenvalue weighted by molar-refractivity contribution is 0.0387. The van der Waals surface area contributed by atoms with Gasteiger partial charge in [0.15, 0.2) is 0 Å². The number of nitrogens with zero attached hydrogens (tertiary/aromatic N) is 1. The number of amides is 2. The lowest BCUT2D eigenvalue weighted by Crippen LogP contribution is -2.59. The van der Waals surface area contributed by atoms with E-state index in [0.29, 0.717) is 12.8 Å². The molecular formula is C16H19FN2O4. The summed E-state index contributed by atoms with van der Waals surface area (Å²) < 4.78 is 19.6. The Kier molecular flexibility index (Phi) is 4.36. The summed E-state index contributed by atoms with van der Waals surface area (Å²) in [4.78, 5) is 24.2. The standard InChI is InChI=1S/C16H19FN2O4/c17-14-12(8-11-6-7-13(14)19(11)16(21)22)18-15(20)23-9-10-4-2-1-3-5-10/h1-5,11-14H,6-9H2,(H,18,20)(H,21,22)/t11-,12-,13+,14-/m1/s1. The van der Waals surface area contributed by atoms with Gasteiger partial charge in [-0.05, 0) is 24.8 Å². The van der Waals surface area contributed by atoms with Crippen molar-refractivity contribution in [1.29, 1.82) is 0 Å². The highest BCUT2D eigenvalue weighted by Crippen LogP contribution is 2.37. The third-order valence-electron chi connectivity index (χ3n) is 4.56. The van der Waals surface area contributed by atoms with Gasteiger partial charge in [0, 0.05) is 6.04 Å². The molecular weight excluding hydrogens is 303 g/mol. The normalized spacial score (nSPS) is 29.2. The summed E-state index contributed by atoms with van der Waals surface area (Å²) in [7, 11) is 0. The van der Waals surface area contributed by atoms with E-state index in [0.717, 1.165) is 5.56 Å².